The lowest BCUT2D eigenvalue weighted by Gasteiger charge is -2.01. The monoisotopic (exact) mass is 259 g/mol. The molecule has 1 aromatic rings. The van der Waals surface area contributed by atoms with Crippen LogP contribution in [-0.2, 0) is 9.59 Å². The van der Waals surface area contributed by atoms with Crippen LogP contribution in [0.1, 0.15) is 17.5 Å². The lowest BCUT2D eigenvalue weighted by molar-refractivity contribution is -0.129. The quantitative estimate of drug-likeness (QED) is 0.348. The van der Waals surface area contributed by atoms with Gasteiger partial charge in [-0.1, -0.05) is 35.9 Å². The number of nitrogens with zero attached hydrogens (tertiary/aromatic N) is 1. The van der Waals surface area contributed by atoms with Crippen molar-refractivity contribution in [3.63, 3.8) is 0 Å². The minimum Gasteiger partial charge on any atom is -0.352 e. The second-order valence-corrected chi connectivity index (χ2v) is 3.97. The Kier molecular flexibility index (Phi) is 6.02. The third-order valence-electron chi connectivity index (χ3n) is 2.24. The van der Waals surface area contributed by atoms with E-state index in [0.717, 1.165) is 11.1 Å². The van der Waals surface area contributed by atoms with Crippen LogP contribution in [0.2, 0.25) is 0 Å². The number of rotatable bonds is 6. The van der Waals surface area contributed by atoms with Gasteiger partial charge in [-0.2, -0.15) is 5.10 Å². The van der Waals surface area contributed by atoms with E-state index >= 15 is 0 Å². The van der Waals surface area contributed by atoms with E-state index in [2.05, 4.69) is 22.4 Å². The van der Waals surface area contributed by atoms with Gasteiger partial charge in [-0.3, -0.25) is 9.59 Å². The van der Waals surface area contributed by atoms with Crippen LogP contribution >= 0.6 is 0 Å². The smallest absolute Gasteiger partial charge is 0.249 e. The summed E-state index contributed by atoms with van der Waals surface area (Å²) in [6.07, 6.45) is 2.82. The van der Waals surface area contributed by atoms with E-state index < -0.39 is 5.91 Å². The molecule has 0 aliphatic carbocycles. The maximum atomic E-state index is 11.3. The van der Waals surface area contributed by atoms with Crippen molar-refractivity contribution in [3.05, 3.63) is 48.0 Å². The summed E-state index contributed by atoms with van der Waals surface area (Å²) in [4.78, 5) is 22.6. The van der Waals surface area contributed by atoms with Crippen molar-refractivity contribution in [2.24, 2.45) is 5.10 Å². The number of hydrogen-bond donors (Lipinski definition) is 2. The molecule has 19 heavy (non-hydrogen) atoms. The van der Waals surface area contributed by atoms with Crippen LogP contribution in [0.4, 0.5) is 0 Å². The molecule has 0 fully saturated rings. The Morgan fingerprint density at radius 3 is 2.58 bits per heavy atom. The SMILES string of the molecule is C=CCNC(=O)CC(=O)N/N=C/c1ccc(C)cc1. The van der Waals surface area contributed by atoms with Crippen molar-refractivity contribution in [2.45, 2.75) is 13.3 Å². The minimum absolute atomic E-state index is 0.251. The summed E-state index contributed by atoms with van der Waals surface area (Å²) in [6.45, 7) is 5.80. The van der Waals surface area contributed by atoms with Crippen molar-refractivity contribution in [2.75, 3.05) is 6.54 Å². The van der Waals surface area contributed by atoms with Gasteiger partial charge in [0, 0.05) is 6.54 Å². The van der Waals surface area contributed by atoms with Crippen molar-refractivity contribution in [1.29, 1.82) is 0 Å². The molecule has 0 aromatic heterocycles. The standard InChI is InChI=1S/C14H17N3O2/c1-3-8-15-13(18)9-14(19)17-16-10-12-6-4-11(2)5-7-12/h3-7,10H,1,8-9H2,2H3,(H,15,18)(H,17,19)/b16-10+. The van der Waals surface area contributed by atoms with Crippen LogP contribution < -0.4 is 10.7 Å². The number of benzene rings is 1. The second kappa shape index (κ2) is 7.81. The molecule has 5 heteroatoms. The Morgan fingerprint density at radius 2 is 1.95 bits per heavy atom. The Morgan fingerprint density at radius 1 is 1.26 bits per heavy atom. The average molecular weight is 259 g/mol. The summed E-state index contributed by atoms with van der Waals surface area (Å²) in [5, 5.41) is 6.29. The number of carbonyl (C=O) groups excluding carboxylic acids is 2. The average Bonchev–Trinajstić information content (AvgIpc) is 2.38. The van der Waals surface area contributed by atoms with Crippen molar-refractivity contribution in [3.8, 4) is 0 Å². The van der Waals surface area contributed by atoms with E-state index in [1.54, 1.807) is 6.08 Å². The fourth-order valence-corrected chi connectivity index (χ4v) is 1.27. The van der Waals surface area contributed by atoms with E-state index in [0.29, 0.717) is 6.54 Å². The molecule has 0 bridgehead atoms. The summed E-state index contributed by atoms with van der Waals surface area (Å²) >= 11 is 0. The Bertz CT molecular complexity index is 478. The molecule has 0 saturated carbocycles. The van der Waals surface area contributed by atoms with Gasteiger partial charge in [0.1, 0.15) is 6.42 Å². The van der Waals surface area contributed by atoms with Crippen molar-refractivity contribution >= 4 is 18.0 Å². The first-order valence-electron chi connectivity index (χ1n) is 5.88. The van der Waals surface area contributed by atoms with Gasteiger partial charge in [-0.05, 0) is 12.5 Å². The third kappa shape index (κ3) is 6.16. The predicted octanol–water partition coefficient (Wildman–Crippen LogP) is 1.14. The first-order valence-corrected chi connectivity index (χ1v) is 5.88. The molecule has 0 atom stereocenters. The third-order valence-corrected chi connectivity index (χ3v) is 2.24. The highest BCUT2D eigenvalue weighted by Crippen LogP contribution is 1.99. The Labute approximate surface area is 112 Å². The van der Waals surface area contributed by atoms with E-state index in [1.807, 2.05) is 31.2 Å². The first kappa shape index (κ1) is 14.6. The van der Waals surface area contributed by atoms with Gasteiger partial charge in [0.05, 0.1) is 6.21 Å². The van der Waals surface area contributed by atoms with Gasteiger partial charge in [0.15, 0.2) is 0 Å². The lowest BCUT2D eigenvalue weighted by atomic mass is 10.2. The summed E-state index contributed by atoms with van der Waals surface area (Å²) in [6, 6.07) is 7.68. The molecule has 0 saturated heterocycles. The predicted molar refractivity (Wildman–Crippen MR) is 74.7 cm³/mol. The van der Waals surface area contributed by atoms with Crippen LogP contribution in [0.3, 0.4) is 0 Å². The summed E-state index contributed by atoms with van der Waals surface area (Å²) in [7, 11) is 0. The number of carbonyl (C=O) groups is 2. The van der Waals surface area contributed by atoms with Crippen LogP contribution in [0.15, 0.2) is 42.0 Å². The van der Waals surface area contributed by atoms with Crippen molar-refractivity contribution < 1.29 is 9.59 Å². The zero-order valence-corrected chi connectivity index (χ0v) is 10.8. The molecule has 0 spiro atoms. The molecular formula is C14H17N3O2. The first-order chi connectivity index (χ1) is 9.11. The highest BCUT2D eigenvalue weighted by Gasteiger charge is 2.06. The van der Waals surface area contributed by atoms with Crippen molar-refractivity contribution in [1.82, 2.24) is 10.7 Å². The van der Waals surface area contributed by atoms with Gasteiger partial charge in [-0.25, -0.2) is 5.43 Å². The van der Waals surface area contributed by atoms with E-state index in [-0.39, 0.29) is 12.3 Å². The molecule has 0 heterocycles. The summed E-state index contributed by atoms with van der Waals surface area (Å²) in [5.41, 5.74) is 4.33. The van der Waals surface area contributed by atoms with E-state index in [1.165, 1.54) is 6.21 Å². The maximum Gasteiger partial charge on any atom is 0.249 e. The van der Waals surface area contributed by atoms with Crippen LogP contribution in [0.5, 0.6) is 0 Å². The number of aryl methyl sites for hydroxylation is 1. The van der Waals surface area contributed by atoms with Crippen LogP contribution in [-0.4, -0.2) is 24.6 Å². The minimum atomic E-state index is -0.454. The van der Waals surface area contributed by atoms with E-state index in [9.17, 15) is 9.59 Å². The van der Waals surface area contributed by atoms with Gasteiger partial charge < -0.3 is 5.32 Å². The normalized spacial score (nSPS) is 10.2. The molecule has 0 aliphatic heterocycles. The van der Waals surface area contributed by atoms with Gasteiger partial charge in [0.25, 0.3) is 0 Å². The fourth-order valence-electron chi connectivity index (χ4n) is 1.27. The topological polar surface area (TPSA) is 70.6 Å². The molecule has 0 unspecified atom stereocenters. The largest absolute Gasteiger partial charge is 0.352 e. The zero-order valence-electron chi connectivity index (χ0n) is 10.8. The van der Waals surface area contributed by atoms with E-state index in [4.69, 9.17) is 0 Å². The maximum absolute atomic E-state index is 11.3. The number of amides is 2. The zero-order chi connectivity index (χ0) is 14.1. The Balaban J connectivity index is 2.35. The second-order valence-electron chi connectivity index (χ2n) is 3.97. The van der Waals surface area contributed by atoms with Crippen LogP contribution in [0.25, 0.3) is 0 Å². The molecule has 1 rings (SSSR count). The molecule has 2 N–H and O–H groups in total. The molecule has 0 aliphatic rings. The molecular weight excluding hydrogens is 242 g/mol. The highest BCUT2D eigenvalue weighted by molar-refractivity contribution is 5.97. The van der Waals surface area contributed by atoms with Gasteiger partial charge in [0.2, 0.25) is 11.8 Å². The fraction of sp³-hybridized carbons (Fsp3) is 0.214. The number of nitrogens with one attached hydrogen (secondary N) is 2. The molecule has 2 amide bonds. The molecule has 5 nitrogen and oxygen atoms in total. The molecule has 0 radical (unpaired) electrons. The summed E-state index contributed by atoms with van der Waals surface area (Å²) < 4.78 is 0. The van der Waals surface area contributed by atoms with Gasteiger partial charge in [-0.15, -0.1) is 6.58 Å². The highest BCUT2D eigenvalue weighted by atomic mass is 16.2. The summed E-state index contributed by atoms with van der Waals surface area (Å²) in [5.74, 6) is -0.812. The number of hydrogen-bond acceptors (Lipinski definition) is 3. The molecule has 1 aromatic carbocycles. The lowest BCUT2D eigenvalue weighted by Crippen LogP contribution is -2.29. The van der Waals surface area contributed by atoms with Gasteiger partial charge >= 0.3 is 0 Å². The molecule has 100 valence electrons. The Hall–Kier alpha value is -2.43. The van der Waals surface area contributed by atoms with Crippen LogP contribution in [0, 0.1) is 6.92 Å². The number of hydrazone groups is 1.